The Bertz CT molecular complexity index is 663. The molecule has 0 spiro atoms. The zero-order chi connectivity index (χ0) is 15.5. The number of nitrogens with zero attached hydrogens (tertiary/aromatic N) is 1. The van der Waals surface area contributed by atoms with E-state index >= 15 is 0 Å². The van der Waals surface area contributed by atoms with Crippen molar-refractivity contribution in [2.75, 3.05) is 6.61 Å². The first-order chi connectivity index (χ1) is 10.6. The minimum Gasteiger partial charge on any atom is -0.372 e. The molecule has 0 aliphatic carbocycles. The molecule has 0 saturated carbocycles. The number of halogens is 2. The van der Waals surface area contributed by atoms with Gasteiger partial charge in [-0.3, -0.25) is 4.98 Å². The Morgan fingerprint density at radius 2 is 2.14 bits per heavy atom. The summed E-state index contributed by atoms with van der Waals surface area (Å²) < 4.78 is 32.2. The van der Waals surface area contributed by atoms with Crippen LogP contribution in [0.15, 0.2) is 36.5 Å². The van der Waals surface area contributed by atoms with Crippen molar-refractivity contribution in [3.05, 3.63) is 65.0 Å². The van der Waals surface area contributed by atoms with Crippen LogP contribution in [0.25, 0.3) is 0 Å². The Balaban J connectivity index is 1.70. The van der Waals surface area contributed by atoms with Crippen molar-refractivity contribution in [3.63, 3.8) is 0 Å². The summed E-state index contributed by atoms with van der Waals surface area (Å²) in [6.07, 6.45) is 2.34. The minimum absolute atomic E-state index is 0.0736. The maximum Gasteiger partial charge on any atom is 0.159 e. The minimum atomic E-state index is -0.838. The lowest BCUT2D eigenvalue weighted by molar-refractivity contribution is 0.0981. The monoisotopic (exact) mass is 304 g/mol. The summed E-state index contributed by atoms with van der Waals surface area (Å²) in [5.41, 5.74) is 2.77. The summed E-state index contributed by atoms with van der Waals surface area (Å²) in [7, 11) is 0. The number of aromatic nitrogens is 1. The Morgan fingerprint density at radius 1 is 1.27 bits per heavy atom. The highest BCUT2D eigenvalue weighted by Gasteiger charge is 2.29. The normalized spacial score (nSPS) is 21.2. The Hall–Kier alpha value is -1.85. The molecule has 2 unspecified atom stereocenters. The van der Waals surface area contributed by atoms with Crippen LogP contribution in [0.2, 0.25) is 0 Å². The summed E-state index contributed by atoms with van der Waals surface area (Å²) in [6.45, 7) is 3.25. The summed E-state index contributed by atoms with van der Waals surface area (Å²) in [6, 6.07) is 7.95. The van der Waals surface area contributed by atoms with Gasteiger partial charge in [-0.2, -0.15) is 0 Å². The first kappa shape index (κ1) is 15.1. The van der Waals surface area contributed by atoms with E-state index in [1.165, 1.54) is 6.07 Å². The van der Waals surface area contributed by atoms with Gasteiger partial charge in [-0.1, -0.05) is 12.1 Å². The number of pyridine rings is 1. The van der Waals surface area contributed by atoms with Gasteiger partial charge in [0.2, 0.25) is 0 Å². The Kier molecular flexibility index (Phi) is 4.45. The second-order valence-electron chi connectivity index (χ2n) is 5.49. The molecule has 1 aromatic heterocycles. The van der Waals surface area contributed by atoms with Crippen LogP contribution in [0, 0.1) is 18.6 Å². The molecule has 1 fully saturated rings. The van der Waals surface area contributed by atoms with E-state index in [9.17, 15) is 8.78 Å². The van der Waals surface area contributed by atoms with Gasteiger partial charge in [-0.15, -0.1) is 0 Å². The van der Waals surface area contributed by atoms with Gasteiger partial charge in [0.05, 0.1) is 6.10 Å². The quantitative estimate of drug-likeness (QED) is 0.941. The largest absolute Gasteiger partial charge is 0.372 e. The van der Waals surface area contributed by atoms with Crippen molar-refractivity contribution in [2.45, 2.75) is 32.0 Å². The zero-order valence-electron chi connectivity index (χ0n) is 12.4. The summed E-state index contributed by atoms with van der Waals surface area (Å²) in [4.78, 5) is 4.26. The highest BCUT2D eigenvalue weighted by atomic mass is 19.2. The maximum atomic E-state index is 13.4. The van der Waals surface area contributed by atoms with Crippen molar-refractivity contribution < 1.29 is 13.5 Å². The van der Waals surface area contributed by atoms with E-state index in [-0.39, 0.29) is 12.1 Å². The Morgan fingerprint density at radius 3 is 2.91 bits per heavy atom. The summed E-state index contributed by atoms with van der Waals surface area (Å²) >= 11 is 0. The molecule has 3 rings (SSSR count). The van der Waals surface area contributed by atoms with Gasteiger partial charge in [0.15, 0.2) is 11.6 Å². The SMILES string of the molecule is Cc1ncccc1CNC1CCOC1c1ccc(F)c(F)c1. The van der Waals surface area contributed by atoms with Crippen LogP contribution >= 0.6 is 0 Å². The van der Waals surface area contributed by atoms with Crippen molar-refractivity contribution in [1.29, 1.82) is 0 Å². The molecule has 0 amide bonds. The van der Waals surface area contributed by atoms with Gasteiger partial charge in [0.25, 0.3) is 0 Å². The lowest BCUT2D eigenvalue weighted by atomic mass is 10.0. The molecule has 2 atom stereocenters. The van der Waals surface area contributed by atoms with Crippen LogP contribution in [0.5, 0.6) is 0 Å². The number of nitrogens with one attached hydrogen (secondary N) is 1. The van der Waals surface area contributed by atoms with Crippen LogP contribution in [-0.4, -0.2) is 17.6 Å². The molecule has 1 aromatic carbocycles. The molecular weight excluding hydrogens is 286 g/mol. The van der Waals surface area contributed by atoms with Gasteiger partial charge in [-0.05, 0) is 42.7 Å². The highest BCUT2D eigenvalue weighted by molar-refractivity contribution is 5.23. The van der Waals surface area contributed by atoms with Crippen LogP contribution in [-0.2, 0) is 11.3 Å². The van der Waals surface area contributed by atoms with Gasteiger partial charge in [0, 0.05) is 31.1 Å². The molecule has 1 saturated heterocycles. The van der Waals surface area contributed by atoms with E-state index in [4.69, 9.17) is 4.74 Å². The maximum absolute atomic E-state index is 13.4. The summed E-state index contributed by atoms with van der Waals surface area (Å²) in [5.74, 6) is -1.67. The molecule has 1 aliphatic rings. The first-order valence-electron chi connectivity index (χ1n) is 7.35. The molecule has 116 valence electrons. The van der Waals surface area contributed by atoms with Gasteiger partial charge in [0.1, 0.15) is 0 Å². The van der Waals surface area contributed by atoms with Crippen molar-refractivity contribution in [2.24, 2.45) is 0 Å². The molecule has 22 heavy (non-hydrogen) atoms. The molecule has 3 nitrogen and oxygen atoms in total. The fourth-order valence-electron chi connectivity index (χ4n) is 2.76. The molecule has 5 heteroatoms. The fraction of sp³-hybridized carbons (Fsp3) is 0.353. The van der Waals surface area contributed by atoms with Crippen LogP contribution in [0.3, 0.4) is 0 Å². The van der Waals surface area contributed by atoms with Crippen molar-refractivity contribution >= 4 is 0 Å². The average Bonchev–Trinajstić information content (AvgIpc) is 2.98. The Labute approximate surface area is 128 Å². The van der Waals surface area contributed by atoms with Gasteiger partial charge in [-0.25, -0.2) is 8.78 Å². The third-order valence-electron chi connectivity index (χ3n) is 4.03. The first-order valence-corrected chi connectivity index (χ1v) is 7.35. The van der Waals surface area contributed by atoms with Crippen LogP contribution in [0.4, 0.5) is 8.78 Å². The predicted octanol–water partition coefficient (Wildman–Crippen LogP) is 3.29. The number of aryl methyl sites for hydroxylation is 1. The number of hydrogen-bond acceptors (Lipinski definition) is 3. The number of ether oxygens (including phenoxy) is 1. The van der Waals surface area contributed by atoms with Crippen LogP contribution < -0.4 is 5.32 Å². The lowest BCUT2D eigenvalue weighted by Gasteiger charge is -2.21. The molecule has 2 heterocycles. The fourth-order valence-corrected chi connectivity index (χ4v) is 2.76. The second kappa shape index (κ2) is 6.50. The summed E-state index contributed by atoms with van der Waals surface area (Å²) in [5, 5.41) is 3.44. The van der Waals surface area contributed by atoms with Crippen molar-refractivity contribution in [1.82, 2.24) is 10.3 Å². The number of rotatable bonds is 4. The molecule has 1 aliphatic heterocycles. The lowest BCUT2D eigenvalue weighted by Crippen LogP contribution is -2.31. The van der Waals surface area contributed by atoms with E-state index in [2.05, 4.69) is 10.3 Å². The number of hydrogen-bond donors (Lipinski definition) is 1. The molecule has 0 bridgehead atoms. The molecule has 1 N–H and O–H groups in total. The van der Waals surface area contributed by atoms with E-state index in [1.807, 2.05) is 19.1 Å². The van der Waals surface area contributed by atoms with E-state index in [1.54, 1.807) is 12.3 Å². The topological polar surface area (TPSA) is 34.2 Å². The molecule has 2 aromatic rings. The zero-order valence-corrected chi connectivity index (χ0v) is 12.4. The third-order valence-corrected chi connectivity index (χ3v) is 4.03. The van der Waals surface area contributed by atoms with Gasteiger partial charge >= 0.3 is 0 Å². The highest BCUT2D eigenvalue weighted by Crippen LogP contribution is 2.30. The average molecular weight is 304 g/mol. The van der Waals surface area contributed by atoms with Crippen molar-refractivity contribution in [3.8, 4) is 0 Å². The molecular formula is C17H18F2N2O. The number of benzene rings is 1. The molecule has 0 radical (unpaired) electrons. The van der Waals surface area contributed by atoms with E-state index in [0.29, 0.717) is 18.7 Å². The second-order valence-corrected chi connectivity index (χ2v) is 5.49. The third kappa shape index (κ3) is 3.15. The van der Waals surface area contributed by atoms with Gasteiger partial charge < -0.3 is 10.1 Å². The van der Waals surface area contributed by atoms with E-state index < -0.39 is 11.6 Å². The standard InChI is InChI=1S/C17H18F2N2O/c1-11-13(3-2-7-20-11)10-21-16-6-8-22-17(16)12-4-5-14(18)15(19)9-12/h2-5,7,9,16-17,21H,6,8,10H2,1H3. The predicted molar refractivity (Wildman–Crippen MR) is 79.3 cm³/mol. The van der Waals surface area contributed by atoms with E-state index in [0.717, 1.165) is 23.7 Å². The smallest absolute Gasteiger partial charge is 0.159 e. The van der Waals surface area contributed by atoms with Crippen LogP contribution in [0.1, 0.15) is 29.3 Å².